The topological polar surface area (TPSA) is 73.6 Å². The highest BCUT2D eigenvalue weighted by Gasteiger charge is 2.41. The fourth-order valence-corrected chi connectivity index (χ4v) is 2.34. The van der Waals surface area contributed by atoms with Crippen LogP contribution < -0.4 is 11.1 Å². The van der Waals surface area contributed by atoms with Crippen LogP contribution >= 0.6 is 0 Å². The van der Waals surface area contributed by atoms with Crippen molar-refractivity contribution in [3.63, 3.8) is 0 Å². The standard InChI is InChI=1S/C16H20F2N2O3/c1-22-14(15(21)20-7-3-2-6-19)9-11-4-5-12-10-23-16(17,18)13(12)8-11/h2-5,8,14H,6-7,9-10,19H2,1H3,(H,20,21)/b3-2+/t14-/m0/s1. The minimum absolute atomic E-state index is 0.107. The fraction of sp³-hybridized carbons (Fsp3) is 0.438. The van der Waals surface area contributed by atoms with E-state index >= 15 is 0 Å². The van der Waals surface area contributed by atoms with Gasteiger partial charge in [0.15, 0.2) is 0 Å². The lowest BCUT2D eigenvalue weighted by Gasteiger charge is -2.16. The zero-order valence-electron chi connectivity index (χ0n) is 12.9. The number of benzene rings is 1. The van der Waals surface area contributed by atoms with Gasteiger partial charge in [-0.3, -0.25) is 4.79 Å². The van der Waals surface area contributed by atoms with Gasteiger partial charge in [0.25, 0.3) is 0 Å². The van der Waals surface area contributed by atoms with Crippen LogP contribution in [0.4, 0.5) is 8.78 Å². The molecule has 1 aliphatic heterocycles. The average molecular weight is 326 g/mol. The number of ether oxygens (including phenoxy) is 2. The van der Waals surface area contributed by atoms with E-state index in [1.807, 2.05) is 0 Å². The third kappa shape index (κ3) is 4.34. The monoisotopic (exact) mass is 326 g/mol. The van der Waals surface area contributed by atoms with Crippen molar-refractivity contribution < 1.29 is 23.0 Å². The maximum Gasteiger partial charge on any atom is 0.383 e. The van der Waals surface area contributed by atoms with Crippen molar-refractivity contribution in [2.45, 2.75) is 25.2 Å². The molecule has 2 rings (SSSR count). The second-order valence-electron chi connectivity index (χ2n) is 5.18. The quantitative estimate of drug-likeness (QED) is 0.744. The molecule has 1 aliphatic rings. The van der Waals surface area contributed by atoms with Crippen LogP contribution in [-0.2, 0) is 33.4 Å². The summed E-state index contributed by atoms with van der Waals surface area (Å²) in [6, 6.07) is 4.67. The maximum absolute atomic E-state index is 13.6. The number of hydrogen-bond acceptors (Lipinski definition) is 4. The van der Waals surface area contributed by atoms with E-state index in [0.717, 1.165) is 0 Å². The molecule has 0 spiro atoms. The van der Waals surface area contributed by atoms with Crippen molar-refractivity contribution in [2.24, 2.45) is 5.73 Å². The van der Waals surface area contributed by atoms with Gasteiger partial charge in [-0.25, -0.2) is 0 Å². The Hall–Kier alpha value is -1.83. The number of amides is 1. The summed E-state index contributed by atoms with van der Waals surface area (Å²) < 4.78 is 36.8. The third-order valence-corrected chi connectivity index (χ3v) is 3.59. The van der Waals surface area contributed by atoms with Gasteiger partial charge in [-0.2, -0.15) is 8.78 Å². The maximum atomic E-state index is 13.6. The van der Waals surface area contributed by atoms with Gasteiger partial charge >= 0.3 is 6.11 Å². The molecule has 0 bridgehead atoms. The van der Waals surface area contributed by atoms with E-state index in [2.05, 4.69) is 10.1 Å². The molecule has 0 saturated heterocycles. The number of nitrogens with one attached hydrogen (secondary N) is 1. The Morgan fingerprint density at radius 2 is 2.30 bits per heavy atom. The highest BCUT2D eigenvalue weighted by atomic mass is 19.3. The predicted molar refractivity (Wildman–Crippen MR) is 80.8 cm³/mol. The first kappa shape index (κ1) is 17.5. The second-order valence-corrected chi connectivity index (χ2v) is 5.18. The zero-order valence-corrected chi connectivity index (χ0v) is 12.9. The Morgan fingerprint density at radius 3 is 3.00 bits per heavy atom. The number of carbonyl (C=O) groups is 1. The lowest BCUT2D eigenvalue weighted by atomic mass is 10.0. The van der Waals surface area contributed by atoms with Crippen LogP contribution in [0.1, 0.15) is 16.7 Å². The van der Waals surface area contributed by atoms with Crippen molar-refractivity contribution in [3.8, 4) is 0 Å². The Bertz CT molecular complexity index is 591. The molecule has 1 heterocycles. The minimum Gasteiger partial charge on any atom is -0.371 e. The van der Waals surface area contributed by atoms with Gasteiger partial charge in [0.2, 0.25) is 5.91 Å². The molecule has 23 heavy (non-hydrogen) atoms. The van der Waals surface area contributed by atoms with Crippen LogP contribution in [0.2, 0.25) is 0 Å². The Labute approximate surface area is 133 Å². The number of fused-ring (bicyclic) bond motifs is 1. The number of hydrogen-bond donors (Lipinski definition) is 2. The highest BCUT2D eigenvalue weighted by Crippen LogP contribution is 2.39. The zero-order chi connectivity index (χ0) is 16.9. The van der Waals surface area contributed by atoms with Crippen LogP contribution in [0.5, 0.6) is 0 Å². The molecule has 5 nitrogen and oxygen atoms in total. The van der Waals surface area contributed by atoms with Crippen molar-refractivity contribution in [2.75, 3.05) is 20.2 Å². The number of alkyl halides is 2. The summed E-state index contributed by atoms with van der Waals surface area (Å²) in [5, 5.41) is 2.68. The van der Waals surface area contributed by atoms with Crippen LogP contribution in [-0.4, -0.2) is 32.2 Å². The van der Waals surface area contributed by atoms with E-state index in [-0.39, 0.29) is 24.5 Å². The smallest absolute Gasteiger partial charge is 0.371 e. The summed E-state index contributed by atoms with van der Waals surface area (Å²) >= 11 is 0. The first-order valence-electron chi connectivity index (χ1n) is 7.27. The van der Waals surface area contributed by atoms with Gasteiger partial charge in [0.1, 0.15) is 6.10 Å². The molecule has 0 radical (unpaired) electrons. The predicted octanol–water partition coefficient (Wildman–Crippen LogP) is 1.45. The lowest BCUT2D eigenvalue weighted by molar-refractivity contribution is -0.239. The lowest BCUT2D eigenvalue weighted by Crippen LogP contribution is -2.37. The summed E-state index contributed by atoms with van der Waals surface area (Å²) in [6.45, 7) is 0.630. The van der Waals surface area contributed by atoms with Crippen molar-refractivity contribution in [1.82, 2.24) is 5.32 Å². The number of rotatable bonds is 7. The third-order valence-electron chi connectivity index (χ3n) is 3.59. The molecule has 126 valence electrons. The van der Waals surface area contributed by atoms with Gasteiger partial charge in [0, 0.05) is 26.6 Å². The van der Waals surface area contributed by atoms with Gasteiger partial charge in [-0.15, -0.1) is 0 Å². The molecular formula is C16H20F2N2O3. The summed E-state index contributed by atoms with van der Waals surface area (Å²) in [6.07, 6.45) is -0.367. The summed E-state index contributed by atoms with van der Waals surface area (Å²) in [5.74, 6) is -0.308. The molecule has 1 amide bonds. The largest absolute Gasteiger partial charge is 0.383 e. The van der Waals surface area contributed by atoms with Crippen molar-refractivity contribution in [3.05, 3.63) is 47.0 Å². The molecule has 0 unspecified atom stereocenters. The number of nitrogens with two attached hydrogens (primary N) is 1. The number of halogens is 2. The molecule has 0 fully saturated rings. The van der Waals surface area contributed by atoms with E-state index < -0.39 is 12.2 Å². The number of carbonyl (C=O) groups excluding carboxylic acids is 1. The molecule has 0 aliphatic carbocycles. The molecule has 1 aromatic carbocycles. The van der Waals surface area contributed by atoms with E-state index in [9.17, 15) is 13.6 Å². The highest BCUT2D eigenvalue weighted by molar-refractivity contribution is 5.81. The summed E-state index contributed by atoms with van der Waals surface area (Å²) in [5.41, 5.74) is 6.22. The van der Waals surface area contributed by atoms with Crippen LogP contribution in [0.15, 0.2) is 30.4 Å². The normalized spacial score (nSPS) is 17.2. The number of methoxy groups -OCH3 is 1. The van der Waals surface area contributed by atoms with Gasteiger partial charge in [-0.1, -0.05) is 24.3 Å². The summed E-state index contributed by atoms with van der Waals surface area (Å²) in [7, 11) is 1.41. The Balaban J connectivity index is 2.02. The molecule has 0 saturated carbocycles. The average Bonchev–Trinajstić information content (AvgIpc) is 2.84. The van der Waals surface area contributed by atoms with Gasteiger partial charge < -0.3 is 20.5 Å². The van der Waals surface area contributed by atoms with E-state index in [1.54, 1.807) is 24.3 Å². The molecule has 3 N–H and O–H groups in total. The summed E-state index contributed by atoms with van der Waals surface area (Å²) in [4.78, 5) is 12.0. The van der Waals surface area contributed by atoms with Gasteiger partial charge in [0.05, 0.1) is 12.2 Å². The van der Waals surface area contributed by atoms with Crippen molar-refractivity contribution in [1.29, 1.82) is 0 Å². The first-order valence-corrected chi connectivity index (χ1v) is 7.27. The Morgan fingerprint density at radius 1 is 1.52 bits per heavy atom. The molecular weight excluding hydrogens is 306 g/mol. The van der Waals surface area contributed by atoms with E-state index in [0.29, 0.717) is 24.2 Å². The molecule has 1 atom stereocenters. The fourth-order valence-electron chi connectivity index (χ4n) is 2.34. The Kier molecular flexibility index (Phi) is 5.81. The minimum atomic E-state index is -3.27. The van der Waals surface area contributed by atoms with Gasteiger partial charge in [-0.05, 0) is 17.2 Å². The molecule has 7 heteroatoms. The van der Waals surface area contributed by atoms with Crippen molar-refractivity contribution >= 4 is 5.91 Å². The van der Waals surface area contributed by atoms with Crippen LogP contribution in [0.3, 0.4) is 0 Å². The van der Waals surface area contributed by atoms with E-state index in [4.69, 9.17) is 10.5 Å². The first-order chi connectivity index (χ1) is 11.0. The molecule has 1 aromatic rings. The molecule has 0 aromatic heterocycles. The van der Waals surface area contributed by atoms with Crippen LogP contribution in [0.25, 0.3) is 0 Å². The van der Waals surface area contributed by atoms with Crippen LogP contribution in [0, 0.1) is 0 Å². The SMILES string of the molecule is CO[C@@H](Cc1ccc2c(c1)C(F)(F)OC2)C(=O)NC/C=C/CN. The second kappa shape index (κ2) is 7.63. The van der Waals surface area contributed by atoms with E-state index in [1.165, 1.54) is 13.2 Å².